The number of hydrogen-bond acceptors (Lipinski definition) is 7. The zero-order valence-corrected chi connectivity index (χ0v) is 17.7. The number of thiophene rings is 1. The predicted molar refractivity (Wildman–Crippen MR) is 117 cm³/mol. The molecule has 0 fully saturated rings. The number of amides is 1. The fourth-order valence-electron chi connectivity index (χ4n) is 3.20. The number of nitrogens with one attached hydrogen (secondary N) is 2. The first-order valence-electron chi connectivity index (χ1n) is 9.44. The van der Waals surface area contributed by atoms with Crippen LogP contribution in [0, 0.1) is 20.8 Å². The highest BCUT2D eigenvalue weighted by Gasteiger charge is 2.24. The second-order valence-corrected chi connectivity index (χ2v) is 8.14. The molecule has 8 heteroatoms. The van der Waals surface area contributed by atoms with Gasteiger partial charge in [-0.2, -0.15) is 0 Å². The van der Waals surface area contributed by atoms with E-state index >= 15 is 0 Å². The van der Waals surface area contributed by atoms with Gasteiger partial charge in [0, 0.05) is 28.0 Å². The molecule has 0 radical (unpaired) electrons. The quantitative estimate of drug-likeness (QED) is 0.461. The molecule has 0 unspecified atom stereocenters. The van der Waals surface area contributed by atoms with Gasteiger partial charge in [0.1, 0.15) is 5.00 Å². The molecular weight excluding hydrogens is 398 g/mol. The van der Waals surface area contributed by atoms with Gasteiger partial charge in [0.2, 0.25) is 5.95 Å². The molecule has 1 atom stereocenters. The van der Waals surface area contributed by atoms with Crippen LogP contribution in [0.15, 0.2) is 59.3 Å². The van der Waals surface area contributed by atoms with E-state index in [9.17, 15) is 4.79 Å². The van der Waals surface area contributed by atoms with Gasteiger partial charge < -0.3 is 15.1 Å². The number of aryl methyl sites for hydroxylation is 3. The molecule has 1 amide bonds. The molecular formula is C22H21N5O2S. The van der Waals surface area contributed by atoms with Crippen LogP contribution in [0.3, 0.4) is 0 Å². The van der Waals surface area contributed by atoms with E-state index in [1.807, 2.05) is 51.1 Å². The van der Waals surface area contributed by atoms with E-state index < -0.39 is 0 Å². The van der Waals surface area contributed by atoms with Crippen molar-refractivity contribution >= 4 is 28.2 Å². The maximum atomic E-state index is 12.6. The summed E-state index contributed by atoms with van der Waals surface area (Å²) in [6.07, 6.45) is 3.22. The van der Waals surface area contributed by atoms with Gasteiger partial charge in [-0.3, -0.25) is 9.78 Å². The van der Waals surface area contributed by atoms with E-state index in [1.54, 1.807) is 18.3 Å². The third-order valence-corrected chi connectivity index (χ3v) is 5.39. The summed E-state index contributed by atoms with van der Waals surface area (Å²) in [6, 6.07) is 12.7. The summed E-state index contributed by atoms with van der Waals surface area (Å²) < 4.78 is 5.23. The smallest absolute Gasteiger partial charge is 0.291 e. The van der Waals surface area contributed by atoms with E-state index in [0.29, 0.717) is 5.95 Å². The summed E-state index contributed by atoms with van der Waals surface area (Å²) >= 11 is 1.50. The highest BCUT2D eigenvalue weighted by Crippen LogP contribution is 2.36. The normalized spacial score (nSPS) is 11.8. The highest BCUT2D eigenvalue weighted by atomic mass is 32.1. The minimum atomic E-state index is -0.343. The maximum Gasteiger partial charge on any atom is 0.291 e. The van der Waals surface area contributed by atoms with Gasteiger partial charge in [0.25, 0.3) is 5.91 Å². The number of carbonyl (C=O) groups is 1. The molecule has 0 spiro atoms. The molecule has 152 valence electrons. The molecule has 4 aromatic heterocycles. The number of pyridine rings is 1. The summed E-state index contributed by atoms with van der Waals surface area (Å²) in [5.74, 6) is 0.466. The summed E-state index contributed by atoms with van der Waals surface area (Å²) in [5, 5.41) is 7.10. The number of carbonyl (C=O) groups excluding carboxylic acids is 1. The average Bonchev–Trinajstić information content (AvgIpc) is 3.36. The van der Waals surface area contributed by atoms with Crippen molar-refractivity contribution in [1.29, 1.82) is 0 Å². The molecule has 0 aliphatic carbocycles. The first-order valence-corrected chi connectivity index (χ1v) is 10.3. The summed E-state index contributed by atoms with van der Waals surface area (Å²) in [4.78, 5) is 27.2. The summed E-state index contributed by atoms with van der Waals surface area (Å²) in [6.45, 7) is 5.86. The minimum absolute atomic E-state index is 0.256. The Bertz CT molecular complexity index is 1140. The Morgan fingerprint density at radius 3 is 2.53 bits per heavy atom. The lowest BCUT2D eigenvalue weighted by molar-refractivity contribution is 0.0997. The topological polar surface area (TPSA) is 92.9 Å². The minimum Gasteiger partial charge on any atom is -0.459 e. The summed E-state index contributed by atoms with van der Waals surface area (Å²) in [5.41, 5.74) is 3.43. The van der Waals surface area contributed by atoms with Crippen molar-refractivity contribution in [2.45, 2.75) is 26.8 Å². The molecule has 4 heterocycles. The van der Waals surface area contributed by atoms with Gasteiger partial charge in [-0.05, 0) is 57.2 Å². The van der Waals surface area contributed by atoms with E-state index in [2.05, 4.69) is 25.6 Å². The van der Waals surface area contributed by atoms with Gasteiger partial charge in [0.15, 0.2) is 5.76 Å². The molecule has 0 saturated heterocycles. The SMILES string of the molecule is Cc1cc(C)nc(N[C@@H](c2ccccn2)c2cc(C)sc2NC(=O)c2ccco2)n1. The van der Waals surface area contributed by atoms with Crippen molar-refractivity contribution in [3.63, 3.8) is 0 Å². The molecule has 4 rings (SSSR count). The fraction of sp³-hybridized carbons (Fsp3) is 0.182. The van der Waals surface area contributed by atoms with Crippen LogP contribution in [0.2, 0.25) is 0 Å². The Morgan fingerprint density at radius 1 is 1.07 bits per heavy atom. The Labute approximate surface area is 178 Å². The number of rotatable bonds is 6. The number of anilines is 2. The van der Waals surface area contributed by atoms with Crippen molar-refractivity contribution in [3.05, 3.63) is 88.2 Å². The number of hydrogen-bond donors (Lipinski definition) is 2. The lowest BCUT2D eigenvalue weighted by Crippen LogP contribution is -2.18. The fourth-order valence-corrected chi connectivity index (χ4v) is 4.14. The van der Waals surface area contributed by atoms with Gasteiger partial charge in [-0.25, -0.2) is 9.97 Å². The van der Waals surface area contributed by atoms with Crippen LogP contribution >= 0.6 is 11.3 Å². The molecule has 0 aliphatic rings. The second-order valence-electron chi connectivity index (χ2n) is 6.88. The molecule has 0 saturated carbocycles. The number of nitrogens with zero attached hydrogens (tertiary/aromatic N) is 3. The molecule has 0 aromatic carbocycles. The third-order valence-electron chi connectivity index (χ3n) is 4.41. The predicted octanol–water partition coefficient (Wildman–Crippen LogP) is 4.91. The molecule has 30 heavy (non-hydrogen) atoms. The van der Waals surface area contributed by atoms with Crippen molar-refractivity contribution in [2.24, 2.45) is 0 Å². The van der Waals surface area contributed by atoms with Crippen LogP contribution in [-0.4, -0.2) is 20.9 Å². The Balaban J connectivity index is 1.73. The van der Waals surface area contributed by atoms with Crippen molar-refractivity contribution in [2.75, 3.05) is 10.6 Å². The van der Waals surface area contributed by atoms with E-state index in [4.69, 9.17) is 4.42 Å². The molecule has 4 aromatic rings. The monoisotopic (exact) mass is 419 g/mol. The van der Waals surface area contributed by atoms with Crippen LogP contribution in [0.5, 0.6) is 0 Å². The van der Waals surface area contributed by atoms with Crippen LogP contribution in [-0.2, 0) is 0 Å². The van der Waals surface area contributed by atoms with Crippen LogP contribution in [0.25, 0.3) is 0 Å². The van der Waals surface area contributed by atoms with E-state index in [-0.39, 0.29) is 17.7 Å². The summed E-state index contributed by atoms with van der Waals surface area (Å²) in [7, 11) is 0. The second kappa shape index (κ2) is 8.46. The molecule has 2 N–H and O–H groups in total. The third kappa shape index (κ3) is 4.38. The van der Waals surface area contributed by atoms with Gasteiger partial charge in [0.05, 0.1) is 18.0 Å². The van der Waals surface area contributed by atoms with E-state index in [0.717, 1.165) is 32.5 Å². The number of furan rings is 1. The Morgan fingerprint density at radius 2 is 1.87 bits per heavy atom. The number of aromatic nitrogens is 3. The zero-order chi connectivity index (χ0) is 21.1. The molecule has 0 aliphatic heterocycles. The maximum absolute atomic E-state index is 12.6. The van der Waals surface area contributed by atoms with E-state index in [1.165, 1.54) is 17.6 Å². The molecule has 0 bridgehead atoms. The van der Waals surface area contributed by atoms with Crippen molar-refractivity contribution < 1.29 is 9.21 Å². The first-order chi connectivity index (χ1) is 14.5. The first kappa shape index (κ1) is 19.8. The lowest BCUT2D eigenvalue weighted by Gasteiger charge is -2.20. The van der Waals surface area contributed by atoms with Crippen LogP contribution in [0.4, 0.5) is 10.9 Å². The average molecular weight is 420 g/mol. The van der Waals surface area contributed by atoms with Crippen LogP contribution in [0.1, 0.15) is 44.1 Å². The zero-order valence-electron chi connectivity index (χ0n) is 16.8. The van der Waals surface area contributed by atoms with Crippen molar-refractivity contribution in [1.82, 2.24) is 15.0 Å². The van der Waals surface area contributed by atoms with Gasteiger partial charge >= 0.3 is 0 Å². The van der Waals surface area contributed by atoms with Crippen LogP contribution < -0.4 is 10.6 Å². The lowest BCUT2D eigenvalue weighted by atomic mass is 10.0. The van der Waals surface area contributed by atoms with Gasteiger partial charge in [-0.1, -0.05) is 6.07 Å². The largest absolute Gasteiger partial charge is 0.459 e. The van der Waals surface area contributed by atoms with Crippen molar-refractivity contribution in [3.8, 4) is 0 Å². The molecule has 7 nitrogen and oxygen atoms in total. The van der Waals surface area contributed by atoms with Gasteiger partial charge in [-0.15, -0.1) is 11.3 Å². The highest BCUT2D eigenvalue weighted by molar-refractivity contribution is 7.16. The standard InChI is InChI=1S/C22H21N5O2S/c1-13-11-14(2)25-22(24-13)26-19(17-7-4-5-9-23-17)16-12-15(3)30-21(16)27-20(28)18-8-6-10-29-18/h4-12,19H,1-3H3,(H,27,28)(H,24,25,26)/t19-/m1/s1. The Hall–Kier alpha value is -3.52. The Kier molecular flexibility index (Phi) is 5.58.